The van der Waals surface area contributed by atoms with Gasteiger partial charge < -0.3 is 15.1 Å². The van der Waals surface area contributed by atoms with Crippen molar-refractivity contribution in [2.75, 3.05) is 46.8 Å². The normalized spacial score (nSPS) is 16.3. The van der Waals surface area contributed by atoms with Crippen LogP contribution in [-0.2, 0) is 9.59 Å². The van der Waals surface area contributed by atoms with Crippen molar-refractivity contribution >= 4 is 17.7 Å². The number of nitrogens with one attached hydrogen (secondary N) is 1. The summed E-state index contributed by atoms with van der Waals surface area (Å²) in [6.07, 6.45) is 0.767. The minimum absolute atomic E-state index is 0.0383. The molecule has 0 bridgehead atoms. The second-order valence-corrected chi connectivity index (χ2v) is 7.95. The van der Waals surface area contributed by atoms with Crippen LogP contribution >= 0.6 is 0 Å². The zero-order valence-corrected chi connectivity index (χ0v) is 17.7. The lowest BCUT2D eigenvalue weighted by Crippen LogP contribution is -2.52. The number of benzene rings is 1. The number of rotatable bonds is 6. The Balaban J connectivity index is 2.00. The Labute approximate surface area is 171 Å². The molecule has 1 N–H and O–H groups in total. The van der Waals surface area contributed by atoms with Crippen LogP contribution < -0.4 is 5.32 Å². The summed E-state index contributed by atoms with van der Waals surface area (Å²) >= 11 is 0. The van der Waals surface area contributed by atoms with Crippen LogP contribution in [0.1, 0.15) is 30.6 Å². The van der Waals surface area contributed by atoms with Crippen LogP contribution in [0, 0.1) is 11.7 Å². The van der Waals surface area contributed by atoms with Gasteiger partial charge in [-0.1, -0.05) is 13.8 Å². The number of hydrogen-bond donors (Lipinski definition) is 1. The predicted molar refractivity (Wildman–Crippen MR) is 109 cm³/mol. The van der Waals surface area contributed by atoms with Gasteiger partial charge in [0.05, 0.1) is 6.54 Å². The molecule has 1 aliphatic heterocycles. The smallest absolute Gasteiger partial charge is 0.251 e. The van der Waals surface area contributed by atoms with Crippen molar-refractivity contribution in [3.63, 3.8) is 0 Å². The Morgan fingerprint density at radius 2 is 1.72 bits per heavy atom. The highest BCUT2D eigenvalue weighted by molar-refractivity contribution is 5.97. The van der Waals surface area contributed by atoms with E-state index in [0.717, 1.165) is 13.0 Å². The molecule has 29 heavy (non-hydrogen) atoms. The van der Waals surface area contributed by atoms with Crippen LogP contribution in [0.15, 0.2) is 24.3 Å². The molecule has 8 heteroatoms. The highest BCUT2D eigenvalue weighted by Crippen LogP contribution is 2.12. The Morgan fingerprint density at radius 1 is 1.07 bits per heavy atom. The Kier molecular flexibility index (Phi) is 8.13. The fourth-order valence-corrected chi connectivity index (χ4v) is 3.22. The molecule has 2 rings (SSSR count). The quantitative estimate of drug-likeness (QED) is 0.771. The Bertz CT molecular complexity index is 721. The van der Waals surface area contributed by atoms with Crippen molar-refractivity contribution in [2.45, 2.75) is 26.3 Å². The summed E-state index contributed by atoms with van der Waals surface area (Å²) < 4.78 is 13.1. The van der Waals surface area contributed by atoms with Gasteiger partial charge in [-0.05, 0) is 36.6 Å². The van der Waals surface area contributed by atoms with Gasteiger partial charge in [-0.2, -0.15) is 0 Å². The number of carbonyl (C=O) groups is 3. The number of amides is 3. The van der Waals surface area contributed by atoms with Crippen molar-refractivity contribution in [3.05, 3.63) is 35.6 Å². The van der Waals surface area contributed by atoms with Crippen molar-refractivity contribution in [3.8, 4) is 0 Å². The van der Waals surface area contributed by atoms with Crippen LogP contribution in [-0.4, -0.2) is 85.3 Å². The zero-order chi connectivity index (χ0) is 21.6. The third-order valence-corrected chi connectivity index (χ3v) is 5.08. The fraction of sp³-hybridized carbons (Fsp3) is 0.571. The lowest BCUT2D eigenvalue weighted by atomic mass is 10.0. The third kappa shape index (κ3) is 6.52. The molecule has 1 aromatic rings. The predicted octanol–water partition coefficient (Wildman–Crippen LogP) is 1.20. The summed E-state index contributed by atoms with van der Waals surface area (Å²) in [7, 11) is 3.46. The molecular formula is C21H31FN4O3. The highest BCUT2D eigenvalue weighted by Gasteiger charge is 2.30. The minimum Gasteiger partial charge on any atom is -0.348 e. The zero-order valence-electron chi connectivity index (χ0n) is 17.7. The molecular weight excluding hydrogens is 375 g/mol. The first-order chi connectivity index (χ1) is 13.7. The number of likely N-dealkylation sites (N-methyl/N-ethyl adjacent to an activating group) is 1. The summed E-state index contributed by atoms with van der Waals surface area (Å²) in [6, 6.07) is 4.58. The molecule has 0 aromatic heterocycles. The highest BCUT2D eigenvalue weighted by atomic mass is 19.1. The molecule has 1 unspecified atom stereocenters. The average Bonchev–Trinajstić information content (AvgIpc) is 2.91. The van der Waals surface area contributed by atoms with E-state index in [9.17, 15) is 18.8 Å². The van der Waals surface area contributed by atoms with E-state index in [2.05, 4.69) is 10.2 Å². The van der Waals surface area contributed by atoms with Crippen LogP contribution in [0.5, 0.6) is 0 Å². The first kappa shape index (κ1) is 22.8. The maximum Gasteiger partial charge on any atom is 0.251 e. The van der Waals surface area contributed by atoms with Crippen LogP contribution in [0.25, 0.3) is 0 Å². The topological polar surface area (TPSA) is 73.0 Å². The monoisotopic (exact) mass is 406 g/mol. The maximum absolute atomic E-state index is 13.1. The molecule has 0 radical (unpaired) electrons. The molecule has 1 heterocycles. The Hall–Kier alpha value is -2.48. The van der Waals surface area contributed by atoms with E-state index in [1.165, 1.54) is 24.3 Å². The number of hydrogen-bond acceptors (Lipinski definition) is 4. The molecule has 160 valence electrons. The molecule has 3 amide bonds. The van der Waals surface area contributed by atoms with E-state index < -0.39 is 17.8 Å². The van der Waals surface area contributed by atoms with Gasteiger partial charge in [-0.3, -0.25) is 19.3 Å². The van der Waals surface area contributed by atoms with E-state index in [4.69, 9.17) is 0 Å². The van der Waals surface area contributed by atoms with Gasteiger partial charge in [0.2, 0.25) is 11.8 Å². The molecule has 1 atom stereocenters. The molecule has 0 spiro atoms. The van der Waals surface area contributed by atoms with E-state index in [0.29, 0.717) is 31.7 Å². The number of nitrogens with zero attached hydrogens (tertiary/aromatic N) is 3. The summed E-state index contributed by atoms with van der Waals surface area (Å²) in [5, 5.41) is 2.80. The van der Waals surface area contributed by atoms with Gasteiger partial charge >= 0.3 is 0 Å². The second-order valence-electron chi connectivity index (χ2n) is 7.95. The summed E-state index contributed by atoms with van der Waals surface area (Å²) in [5.41, 5.74) is 0.314. The lowest BCUT2D eigenvalue weighted by molar-refractivity contribution is -0.134. The summed E-state index contributed by atoms with van der Waals surface area (Å²) in [6.45, 7) is 6.56. The van der Waals surface area contributed by atoms with Gasteiger partial charge in [0, 0.05) is 45.8 Å². The first-order valence-electron chi connectivity index (χ1n) is 9.96. The molecule has 7 nitrogen and oxygen atoms in total. The van der Waals surface area contributed by atoms with Crippen molar-refractivity contribution in [1.82, 2.24) is 20.0 Å². The largest absolute Gasteiger partial charge is 0.348 e. The summed E-state index contributed by atoms with van der Waals surface area (Å²) in [4.78, 5) is 42.9. The van der Waals surface area contributed by atoms with E-state index in [-0.39, 0.29) is 17.7 Å². The van der Waals surface area contributed by atoms with E-state index >= 15 is 0 Å². The molecule has 1 fully saturated rings. The van der Waals surface area contributed by atoms with Gasteiger partial charge in [0.1, 0.15) is 11.9 Å². The van der Waals surface area contributed by atoms with Gasteiger partial charge in [-0.15, -0.1) is 0 Å². The molecule has 1 aliphatic rings. The lowest BCUT2D eigenvalue weighted by Gasteiger charge is -2.29. The Morgan fingerprint density at radius 3 is 2.31 bits per heavy atom. The maximum atomic E-state index is 13.1. The average molecular weight is 407 g/mol. The van der Waals surface area contributed by atoms with Crippen molar-refractivity contribution in [2.24, 2.45) is 5.92 Å². The summed E-state index contributed by atoms with van der Waals surface area (Å²) in [5.74, 6) is -1.00. The van der Waals surface area contributed by atoms with Crippen LogP contribution in [0.3, 0.4) is 0 Å². The SMILES string of the molecule is CC(C)C(NC(=O)c1ccc(F)cc1)C(=O)N1CCCN(CC(=O)N(C)C)CC1. The van der Waals surface area contributed by atoms with Gasteiger partial charge in [-0.25, -0.2) is 4.39 Å². The fourth-order valence-electron chi connectivity index (χ4n) is 3.22. The molecule has 1 aromatic carbocycles. The molecule has 1 saturated heterocycles. The van der Waals surface area contributed by atoms with Crippen LogP contribution in [0.4, 0.5) is 4.39 Å². The van der Waals surface area contributed by atoms with E-state index in [1.54, 1.807) is 23.9 Å². The second kappa shape index (κ2) is 10.3. The van der Waals surface area contributed by atoms with E-state index in [1.807, 2.05) is 13.8 Å². The van der Waals surface area contributed by atoms with Gasteiger partial charge in [0.15, 0.2) is 0 Å². The third-order valence-electron chi connectivity index (χ3n) is 5.08. The van der Waals surface area contributed by atoms with Gasteiger partial charge in [0.25, 0.3) is 5.91 Å². The minimum atomic E-state index is -0.664. The van der Waals surface area contributed by atoms with Crippen molar-refractivity contribution in [1.29, 1.82) is 0 Å². The van der Waals surface area contributed by atoms with Crippen LogP contribution in [0.2, 0.25) is 0 Å². The first-order valence-corrected chi connectivity index (χ1v) is 9.96. The number of carbonyl (C=O) groups excluding carboxylic acids is 3. The molecule has 0 aliphatic carbocycles. The van der Waals surface area contributed by atoms with Crippen molar-refractivity contribution < 1.29 is 18.8 Å². The molecule has 0 saturated carbocycles. The number of halogens is 1. The standard InChI is InChI=1S/C21H31FN4O3/c1-15(2)19(23-20(28)16-6-8-17(22)9-7-16)21(29)26-11-5-10-25(12-13-26)14-18(27)24(3)4/h6-9,15,19H,5,10-14H2,1-4H3,(H,23,28).